The van der Waals surface area contributed by atoms with Crippen LogP contribution in [0.25, 0.3) is 0 Å². The summed E-state index contributed by atoms with van der Waals surface area (Å²) in [5.41, 5.74) is 0. The zero-order valence-electron chi connectivity index (χ0n) is 11.2. The molecule has 0 fully saturated rings. The van der Waals surface area contributed by atoms with Crippen LogP contribution in [0.15, 0.2) is 0 Å². The molecule has 0 radical (unpaired) electrons. The molecule has 0 aliphatic rings. The van der Waals surface area contributed by atoms with Gasteiger partial charge in [0.15, 0.2) is 0 Å². The van der Waals surface area contributed by atoms with Crippen LogP contribution < -0.4 is 5.32 Å². The van der Waals surface area contributed by atoms with Crippen LogP contribution in [0.5, 0.6) is 0 Å². The molecule has 92 valence electrons. The Balaban J connectivity index is 3.46. The lowest BCUT2D eigenvalue weighted by Crippen LogP contribution is -2.30. The summed E-state index contributed by atoms with van der Waals surface area (Å²) < 4.78 is 0. The zero-order chi connectivity index (χ0) is 11.7. The third kappa shape index (κ3) is 8.15. The van der Waals surface area contributed by atoms with Gasteiger partial charge in [0.05, 0.1) is 0 Å². The van der Waals surface area contributed by atoms with Crippen molar-refractivity contribution < 1.29 is 0 Å². The summed E-state index contributed by atoms with van der Waals surface area (Å²) in [4.78, 5) is 0. The number of nitrogens with one attached hydrogen (secondary N) is 1. The van der Waals surface area contributed by atoms with E-state index in [1.165, 1.54) is 31.0 Å². The first-order valence-corrected chi connectivity index (χ1v) is 7.53. The smallest absolute Gasteiger partial charge is 0.00156 e. The van der Waals surface area contributed by atoms with Gasteiger partial charge in [0.25, 0.3) is 0 Å². The lowest BCUT2D eigenvalue weighted by Gasteiger charge is -2.25. The molecule has 0 saturated carbocycles. The highest BCUT2D eigenvalue weighted by Crippen LogP contribution is 2.19. The Kier molecular flexibility index (Phi) is 9.73. The van der Waals surface area contributed by atoms with Crippen molar-refractivity contribution in [2.45, 2.75) is 41.0 Å². The molecule has 0 heterocycles. The molecule has 0 aliphatic carbocycles. The molecule has 0 spiro atoms. The highest BCUT2D eigenvalue weighted by molar-refractivity contribution is 7.99. The first-order chi connectivity index (χ1) is 7.09. The lowest BCUT2D eigenvalue weighted by molar-refractivity contribution is 0.276. The lowest BCUT2D eigenvalue weighted by atomic mass is 9.85. The zero-order valence-corrected chi connectivity index (χ0v) is 12.0. The van der Waals surface area contributed by atoms with E-state index in [0.717, 1.165) is 17.8 Å². The summed E-state index contributed by atoms with van der Waals surface area (Å²) >= 11 is 2.04. The second kappa shape index (κ2) is 9.53. The van der Waals surface area contributed by atoms with E-state index >= 15 is 0 Å². The maximum atomic E-state index is 3.59. The molecule has 15 heavy (non-hydrogen) atoms. The summed E-state index contributed by atoms with van der Waals surface area (Å²) in [5, 5.41) is 3.59. The molecule has 0 atom stereocenters. The molecule has 2 heteroatoms. The Morgan fingerprint density at radius 1 is 1.07 bits per heavy atom. The summed E-state index contributed by atoms with van der Waals surface area (Å²) in [7, 11) is 0. The Morgan fingerprint density at radius 3 is 2.13 bits per heavy atom. The van der Waals surface area contributed by atoms with Gasteiger partial charge in [-0.15, -0.1) is 0 Å². The highest BCUT2D eigenvalue weighted by Gasteiger charge is 2.16. The van der Waals surface area contributed by atoms with Crippen molar-refractivity contribution in [3.63, 3.8) is 0 Å². The van der Waals surface area contributed by atoms with Crippen molar-refractivity contribution in [2.24, 2.45) is 17.8 Å². The fourth-order valence-electron chi connectivity index (χ4n) is 1.95. The number of hydrogen-bond donors (Lipinski definition) is 1. The molecule has 0 amide bonds. The van der Waals surface area contributed by atoms with Crippen molar-refractivity contribution in [3.05, 3.63) is 0 Å². The second-order valence-electron chi connectivity index (χ2n) is 4.91. The van der Waals surface area contributed by atoms with E-state index in [4.69, 9.17) is 0 Å². The van der Waals surface area contributed by atoms with Crippen LogP contribution in [0.1, 0.15) is 41.0 Å². The van der Waals surface area contributed by atoms with E-state index in [9.17, 15) is 0 Å². The van der Waals surface area contributed by atoms with Gasteiger partial charge in [0.2, 0.25) is 0 Å². The minimum Gasteiger partial charge on any atom is -0.316 e. The van der Waals surface area contributed by atoms with E-state index in [1.807, 2.05) is 11.8 Å². The van der Waals surface area contributed by atoms with Gasteiger partial charge in [0.1, 0.15) is 0 Å². The van der Waals surface area contributed by atoms with Crippen molar-refractivity contribution in [2.75, 3.05) is 24.6 Å². The fraction of sp³-hybridized carbons (Fsp3) is 1.00. The molecule has 0 unspecified atom stereocenters. The van der Waals surface area contributed by atoms with Gasteiger partial charge in [-0.05, 0) is 48.8 Å². The monoisotopic (exact) mass is 231 g/mol. The molecular weight excluding hydrogens is 202 g/mol. The van der Waals surface area contributed by atoms with Crippen molar-refractivity contribution in [3.8, 4) is 0 Å². The van der Waals surface area contributed by atoms with Crippen LogP contribution >= 0.6 is 11.8 Å². The van der Waals surface area contributed by atoms with Crippen molar-refractivity contribution in [1.29, 1.82) is 0 Å². The van der Waals surface area contributed by atoms with E-state index < -0.39 is 0 Å². The van der Waals surface area contributed by atoms with Gasteiger partial charge < -0.3 is 5.32 Å². The minimum absolute atomic E-state index is 0.794. The molecule has 0 aliphatic heterocycles. The van der Waals surface area contributed by atoms with Crippen LogP contribution in [-0.2, 0) is 0 Å². The second-order valence-corrected chi connectivity index (χ2v) is 6.30. The molecule has 0 aromatic heterocycles. The Hall–Kier alpha value is 0.310. The first-order valence-electron chi connectivity index (χ1n) is 6.38. The maximum absolute atomic E-state index is 3.59. The van der Waals surface area contributed by atoms with E-state index in [-0.39, 0.29) is 0 Å². The number of thioether (sulfide) groups is 1. The van der Waals surface area contributed by atoms with Gasteiger partial charge in [-0.3, -0.25) is 0 Å². The number of hydrogen-bond acceptors (Lipinski definition) is 2. The minimum atomic E-state index is 0.794. The first kappa shape index (κ1) is 15.3. The predicted molar refractivity (Wildman–Crippen MR) is 73.7 cm³/mol. The molecule has 0 aromatic rings. The summed E-state index contributed by atoms with van der Waals surface area (Å²) in [5.74, 6) is 4.96. The van der Waals surface area contributed by atoms with E-state index in [0.29, 0.717) is 0 Å². The average Bonchev–Trinajstić information content (AvgIpc) is 2.15. The standard InChI is InChI=1S/C13H29NS/c1-6-15-9-7-8-14-10-13(11(2)3)12(4)5/h11-14H,6-10H2,1-5H3. The summed E-state index contributed by atoms with van der Waals surface area (Å²) in [6.45, 7) is 13.9. The Bertz CT molecular complexity index is 126. The van der Waals surface area contributed by atoms with Crippen LogP contribution in [0.2, 0.25) is 0 Å². The normalized spacial score (nSPS) is 12.0. The van der Waals surface area contributed by atoms with Crippen molar-refractivity contribution >= 4 is 11.8 Å². The maximum Gasteiger partial charge on any atom is -0.00156 e. The van der Waals surface area contributed by atoms with Crippen molar-refractivity contribution in [1.82, 2.24) is 5.32 Å². The fourth-order valence-corrected chi connectivity index (χ4v) is 2.59. The molecule has 0 bridgehead atoms. The Morgan fingerprint density at radius 2 is 1.67 bits per heavy atom. The molecule has 1 N–H and O–H groups in total. The van der Waals surface area contributed by atoms with E-state index in [1.54, 1.807) is 0 Å². The molecule has 0 rings (SSSR count). The predicted octanol–water partition coefficient (Wildman–Crippen LogP) is 3.65. The van der Waals surface area contributed by atoms with Gasteiger partial charge in [-0.1, -0.05) is 34.6 Å². The molecule has 0 saturated heterocycles. The highest BCUT2D eigenvalue weighted by atomic mass is 32.2. The Labute approximate surface area is 101 Å². The quantitative estimate of drug-likeness (QED) is 0.608. The third-order valence-electron chi connectivity index (χ3n) is 2.94. The van der Waals surface area contributed by atoms with Crippen LogP contribution in [0, 0.1) is 17.8 Å². The SMILES string of the molecule is CCSCCCNCC(C(C)C)C(C)C. The summed E-state index contributed by atoms with van der Waals surface area (Å²) in [6, 6.07) is 0. The topological polar surface area (TPSA) is 12.0 Å². The van der Waals surface area contributed by atoms with Crippen LogP contribution in [0.3, 0.4) is 0 Å². The average molecular weight is 231 g/mol. The largest absolute Gasteiger partial charge is 0.316 e. The van der Waals surface area contributed by atoms with E-state index in [2.05, 4.69) is 39.9 Å². The van der Waals surface area contributed by atoms with Gasteiger partial charge >= 0.3 is 0 Å². The third-order valence-corrected chi connectivity index (χ3v) is 3.92. The van der Waals surface area contributed by atoms with Crippen LogP contribution in [0.4, 0.5) is 0 Å². The number of rotatable bonds is 9. The van der Waals surface area contributed by atoms with Crippen LogP contribution in [-0.4, -0.2) is 24.6 Å². The molecule has 0 aromatic carbocycles. The summed E-state index contributed by atoms with van der Waals surface area (Å²) in [6.07, 6.45) is 1.31. The van der Waals surface area contributed by atoms with Gasteiger partial charge in [0, 0.05) is 0 Å². The molecule has 1 nitrogen and oxygen atoms in total. The van der Waals surface area contributed by atoms with Gasteiger partial charge in [-0.25, -0.2) is 0 Å². The molecular formula is C13H29NS. The van der Waals surface area contributed by atoms with Gasteiger partial charge in [-0.2, -0.15) is 11.8 Å².